The molecule has 0 unspecified atom stereocenters. The Hall–Kier alpha value is -2.08. The number of carbonyl (C=O) groups is 2. The summed E-state index contributed by atoms with van der Waals surface area (Å²) in [7, 11) is 0. The summed E-state index contributed by atoms with van der Waals surface area (Å²) in [4.78, 5) is 23.1. The summed E-state index contributed by atoms with van der Waals surface area (Å²) in [6.07, 6.45) is 1.09. The number of rotatable bonds is 5. The molecule has 0 fully saturated rings. The van der Waals surface area contributed by atoms with Crippen molar-refractivity contribution in [2.24, 2.45) is 0 Å². The second-order valence-corrected chi connectivity index (χ2v) is 5.96. The highest BCUT2D eigenvalue weighted by atomic mass is 79.9. The van der Waals surface area contributed by atoms with Gasteiger partial charge in [-0.2, -0.15) is 0 Å². The Bertz CT molecular complexity index is 721. The fourth-order valence-electron chi connectivity index (χ4n) is 2.16. The van der Waals surface area contributed by atoms with Crippen LogP contribution in [0.2, 0.25) is 0 Å². The smallest absolute Gasteiger partial charge is 0.311 e. The zero-order chi connectivity index (χ0) is 16.3. The van der Waals surface area contributed by atoms with E-state index in [2.05, 4.69) is 21.2 Å². The number of nitrogens with one attached hydrogen (secondary N) is 1. The van der Waals surface area contributed by atoms with Crippen LogP contribution >= 0.6 is 15.9 Å². The second-order valence-electron chi connectivity index (χ2n) is 5.04. The number of carboxylic acid groups (broad SMARTS) is 1. The van der Waals surface area contributed by atoms with Gasteiger partial charge in [-0.3, -0.25) is 9.59 Å². The molecule has 0 aliphatic rings. The third kappa shape index (κ3) is 3.76. The molecule has 1 aromatic carbocycles. The number of halogens is 1. The van der Waals surface area contributed by atoms with Crippen LogP contribution in [0, 0.1) is 13.8 Å². The third-order valence-electron chi connectivity index (χ3n) is 3.34. The topological polar surface area (TPSA) is 79.5 Å². The summed E-state index contributed by atoms with van der Waals surface area (Å²) in [5.74, 6) is -1.19. The molecule has 2 rings (SSSR count). The molecule has 0 saturated heterocycles. The van der Waals surface area contributed by atoms with Crippen LogP contribution in [0.25, 0.3) is 0 Å². The lowest BCUT2D eigenvalue weighted by Gasteiger charge is -2.09. The predicted molar refractivity (Wildman–Crippen MR) is 84.8 cm³/mol. The summed E-state index contributed by atoms with van der Waals surface area (Å²) >= 11 is 3.40. The molecule has 0 saturated carbocycles. The molecule has 0 radical (unpaired) electrons. The van der Waals surface area contributed by atoms with E-state index in [0.717, 1.165) is 15.6 Å². The van der Waals surface area contributed by atoms with Crippen LogP contribution in [0.15, 0.2) is 33.4 Å². The summed E-state index contributed by atoms with van der Waals surface area (Å²) in [6, 6.07) is 5.84. The fourth-order valence-corrected chi connectivity index (χ4v) is 2.57. The van der Waals surface area contributed by atoms with Crippen molar-refractivity contribution in [2.75, 3.05) is 0 Å². The molecule has 5 nitrogen and oxygen atoms in total. The molecular formula is C16H16BrNO4. The molecule has 2 aromatic rings. The lowest BCUT2D eigenvalue weighted by molar-refractivity contribution is -0.136. The number of hydrogen-bond acceptors (Lipinski definition) is 3. The van der Waals surface area contributed by atoms with E-state index in [1.54, 1.807) is 6.92 Å². The van der Waals surface area contributed by atoms with Gasteiger partial charge < -0.3 is 14.8 Å². The SMILES string of the molecule is Cc1ccc(Br)cc1CNC(=O)c1c(C)coc1CC(=O)O. The molecule has 2 N–H and O–H groups in total. The summed E-state index contributed by atoms with van der Waals surface area (Å²) in [6.45, 7) is 4.04. The summed E-state index contributed by atoms with van der Waals surface area (Å²) < 4.78 is 6.11. The standard InChI is InChI=1S/C16H16BrNO4/c1-9-3-4-12(17)5-11(9)7-18-16(21)15-10(2)8-22-13(15)6-14(19)20/h3-5,8H,6-7H2,1-2H3,(H,18,21)(H,19,20). The van der Waals surface area contributed by atoms with Crippen molar-refractivity contribution in [1.29, 1.82) is 0 Å². The molecule has 22 heavy (non-hydrogen) atoms. The Morgan fingerprint density at radius 3 is 2.68 bits per heavy atom. The minimum atomic E-state index is -1.04. The summed E-state index contributed by atoms with van der Waals surface area (Å²) in [5.41, 5.74) is 2.98. The van der Waals surface area contributed by atoms with Crippen LogP contribution in [0.5, 0.6) is 0 Å². The Morgan fingerprint density at radius 1 is 1.27 bits per heavy atom. The van der Waals surface area contributed by atoms with Gasteiger partial charge in [0.2, 0.25) is 0 Å². The van der Waals surface area contributed by atoms with Crippen LogP contribution in [0.3, 0.4) is 0 Å². The van der Waals surface area contributed by atoms with Crippen molar-refractivity contribution in [3.8, 4) is 0 Å². The molecule has 1 aromatic heterocycles. The first-order chi connectivity index (χ1) is 10.4. The van der Waals surface area contributed by atoms with Gasteiger partial charge >= 0.3 is 5.97 Å². The van der Waals surface area contributed by atoms with Crippen molar-refractivity contribution in [2.45, 2.75) is 26.8 Å². The van der Waals surface area contributed by atoms with E-state index < -0.39 is 5.97 Å². The van der Waals surface area contributed by atoms with Crippen LogP contribution in [-0.2, 0) is 17.8 Å². The van der Waals surface area contributed by atoms with Gasteiger partial charge in [-0.25, -0.2) is 0 Å². The number of hydrogen-bond donors (Lipinski definition) is 2. The lowest BCUT2D eigenvalue weighted by Crippen LogP contribution is -2.25. The number of aryl methyl sites for hydroxylation is 2. The van der Waals surface area contributed by atoms with E-state index in [0.29, 0.717) is 17.7 Å². The molecule has 0 atom stereocenters. The maximum absolute atomic E-state index is 12.3. The van der Waals surface area contributed by atoms with Gasteiger partial charge in [0, 0.05) is 16.6 Å². The Morgan fingerprint density at radius 2 is 2.00 bits per heavy atom. The molecule has 0 spiro atoms. The van der Waals surface area contributed by atoms with Crippen LogP contribution < -0.4 is 5.32 Å². The zero-order valence-electron chi connectivity index (χ0n) is 12.3. The van der Waals surface area contributed by atoms with Crippen molar-refractivity contribution >= 4 is 27.8 Å². The first-order valence-electron chi connectivity index (χ1n) is 6.70. The van der Waals surface area contributed by atoms with Crippen LogP contribution in [0.4, 0.5) is 0 Å². The fraction of sp³-hybridized carbons (Fsp3) is 0.250. The second kappa shape index (κ2) is 6.79. The largest absolute Gasteiger partial charge is 0.481 e. The number of carboxylic acids is 1. The van der Waals surface area contributed by atoms with E-state index >= 15 is 0 Å². The first kappa shape index (κ1) is 16.3. The normalized spacial score (nSPS) is 10.5. The highest BCUT2D eigenvalue weighted by Gasteiger charge is 2.20. The van der Waals surface area contributed by atoms with Gasteiger partial charge in [-0.15, -0.1) is 0 Å². The Kier molecular flexibility index (Phi) is 5.03. The first-order valence-corrected chi connectivity index (χ1v) is 7.49. The van der Waals surface area contributed by atoms with Crippen LogP contribution in [0.1, 0.15) is 32.8 Å². The highest BCUT2D eigenvalue weighted by molar-refractivity contribution is 9.10. The molecule has 0 aliphatic heterocycles. The number of amides is 1. The highest BCUT2D eigenvalue weighted by Crippen LogP contribution is 2.19. The number of benzene rings is 1. The summed E-state index contributed by atoms with van der Waals surface area (Å²) in [5, 5.41) is 11.7. The molecule has 0 aliphatic carbocycles. The van der Waals surface area contributed by atoms with Crippen molar-refractivity contribution in [1.82, 2.24) is 5.32 Å². The van der Waals surface area contributed by atoms with E-state index in [1.165, 1.54) is 6.26 Å². The molecule has 6 heteroatoms. The molecule has 1 amide bonds. The van der Waals surface area contributed by atoms with Crippen molar-refractivity contribution in [3.05, 3.63) is 56.9 Å². The Labute approximate surface area is 136 Å². The number of furan rings is 1. The van der Waals surface area contributed by atoms with Crippen LogP contribution in [-0.4, -0.2) is 17.0 Å². The quantitative estimate of drug-likeness (QED) is 0.852. The molecule has 116 valence electrons. The van der Waals surface area contributed by atoms with E-state index in [9.17, 15) is 9.59 Å². The predicted octanol–water partition coefficient (Wildman–Crippen LogP) is 3.22. The monoisotopic (exact) mass is 365 g/mol. The van der Waals surface area contributed by atoms with Gasteiger partial charge in [-0.05, 0) is 37.1 Å². The zero-order valence-corrected chi connectivity index (χ0v) is 13.9. The lowest BCUT2D eigenvalue weighted by atomic mass is 10.1. The minimum absolute atomic E-state index is 0.175. The Balaban J connectivity index is 2.14. The average Bonchev–Trinajstić information content (AvgIpc) is 2.79. The maximum Gasteiger partial charge on any atom is 0.311 e. The van der Waals surface area contributed by atoms with Gasteiger partial charge in [0.15, 0.2) is 0 Å². The maximum atomic E-state index is 12.3. The van der Waals surface area contributed by atoms with E-state index in [1.807, 2.05) is 25.1 Å². The number of carbonyl (C=O) groups excluding carboxylic acids is 1. The van der Waals surface area contributed by atoms with Gasteiger partial charge in [0.05, 0.1) is 11.8 Å². The van der Waals surface area contributed by atoms with E-state index in [-0.39, 0.29) is 18.1 Å². The van der Waals surface area contributed by atoms with Crippen molar-refractivity contribution in [3.63, 3.8) is 0 Å². The minimum Gasteiger partial charge on any atom is -0.481 e. The molecular weight excluding hydrogens is 350 g/mol. The van der Waals surface area contributed by atoms with Crippen molar-refractivity contribution < 1.29 is 19.1 Å². The van der Waals surface area contributed by atoms with Gasteiger partial charge in [-0.1, -0.05) is 22.0 Å². The van der Waals surface area contributed by atoms with Gasteiger partial charge in [0.1, 0.15) is 12.2 Å². The average molecular weight is 366 g/mol. The number of aliphatic carboxylic acids is 1. The van der Waals surface area contributed by atoms with E-state index in [4.69, 9.17) is 9.52 Å². The molecule has 1 heterocycles. The van der Waals surface area contributed by atoms with Gasteiger partial charge in [0.25, 0.3) is 5.91 Å². The third-order valence-corrected chi connectivity index (χ3v) is 3.83. The molecule has 0 bridgehead atoms.